The molecule has 2 unspecified atom stereocenters. The number of hydrogen-bond acceptors (Lipinski definition) is 3. The molecule has 0 aromatic carbocycles. The number of pyridine rings is 1. The van der Waals surface area contributed by atoms with Crippen LogP contribution in [0.15, 0.2) is 17.1 Å². The van der Waals surface area contributed by atoms with Crippen LogP contribution in [0.5, 0.6) is 0 Å². The third-order valence-electron chi connectivity index (χ3n) is 3.50. The molecule has 6 nitrogen and oxygen atoms in total. The molecule has 1 saturated heterocycles. The second-order valence-electron chi connectivity index (χ2n) is 4.94. The Labute approximate surface area is 110 Å². The van der Waals surface area contributed by atoms with Crippen molar-refractivity contribution in [2.24, 2.45) is 5.92 Å². The number of amides is 1. The molecule has 0 aliphatic carbocycles. The Kier molecular flexibility index (Phi) is 3.42. The number of hydrogen-bond donors (Lipinski definition) is 2. The van der Waals surface area contributed by atoms with Crippen LogP contribution >= 0.6 is 0 Å². The highest BCUT2D eigenvalue weighted by atomic mass is 16.4. The Morgan fingerprint density at radius 1 is 1.47 bits per heavy atom. The fraction of sp³-hybridized carbons (Fsp3) is 0.462. The molecular weight excluding hydrogens is 248 g/mol. The summed E-state index contributed by atoms with van der Waals surface area (Å²) in [6.07, 6.45) is 1.98. The smallest absolute Gasteiger partial charge is 0.326 e. The van der Waals surface area contributed by atoms with Crippen LogP contribution in [-0.4, -0.2) is 39.5 Å². The summed E-state index contributed by atoms with van der Waals surface area (Å²) in [5, 5.41) is 9.18. The van der Waals surface area contributed by atoms with E-state index < -0.39 is 17.9 Å². The van der Waals surface area contributed by atoms with Gasteiger partial charge in [-0.2, -0.15) is 0 Å². The van der Waals surface area contributed by atoms with Gasteiger partial charge in [-0.25, -0.2) is 4.79 Å². The van der Waals surface area contributed by atoms with E-state index in [1.54, 1.807) is 13.8 Å². The summed E-state index contributed by atoms with van der Waals surface area (Å²) in [6, 6.07) is 0.482. The van der Waals surface area contributed by atoms with Crippen molar-refractivity contribution in [2.75, 3.05) is 6.54 Å². The van der Waals surface area contributed by atoms with Gasteiger partial charge >= 0.3 is 5.97 Å². The number of nitrogens with zero attached hydrogens (tertiary/aromatic N) is 1. The average molecular weight is 264 g/mol. The van der Waals surface area contributed by atoms with Gasteiger partial charge in [-0.3, -0.25) is 9.59 Å². The molecule has 0 spiro atoms. The first kappa shape index (κ1) is 13.3. The SMILES string of the molecule is Cc1cc(=O)c(C(=O)N2CCC(C)C2C(=O)O)c[nH]1. The predicted octanol–water partition coefficient (Wildman–Crippen LogP) is 0.619. The van der Waals surface area contributed by atoms with Crippen LogP contribution in [-0.2, 0) is 4.79 Å². The molecule has 2 heterocycles. The Bertz CT molecular complexity index is 578. The molecule has 2 N–H and O–H groups in total. The van der Waals surface area contributed by atoms with Crippen LogP contribution in [0, 0.1) is 12.8 Å². The Balaban J connectivity index is 2.34. The number of likely N-dealkylation sites (tertiary alicyclic amines) is 1. The van der Waals surface area contributed by atoms with E-state index >= 15 is 0 Å². The molecule has 1 amide bonds. The third kappa shape index (κ3) is 2.38. The molecule has 1 aliphatic heterocycles. The van der Waals surface area contributed by atoms with E-state index in [4.69, 9.17) is 0 Å². The van der Waals surface area contributed by atoms with E-state index in [1.807, 2.05) is 0 Å². The lowest BCUT2D eigenvalue weighted by Crippen LogP contribution is -2.44. The minimum Gasteiger partial charge on any atom is -0.480 e. The monoisotopic (exact) mass is 264 g/mol. The first-order valence-electron chi connectivity index (χ1n) is 6.15. The quantitative estimate of drug-likeness (QED) is 0.819. The van der Waals surface area contributed by atoms with E-state index in [9.17, 15) is 19.5 Å². The maximum atomic E-state index is 12.3. The molecule has 2 atom stereocenters. The van der Waals surface area contributed by atoms with Gasteiger partial charge in [-0.15, -0.1) is 0 Å². The summed E-state index contributed by atoms with van der Waals surface area (Å²) in [5.41, 5.74) is 0.266. The van der Waals surface area contributed by atoms with Gasteiger partial charge in [0.25, 0.3) is 5.91 Å². The van der Waals surface area contributed by atoms with Crippen LogP contribution in [0.1, 0.15) is 29.4 Å². The van der Waals surface area contributed by atoms with Gasteiger partial charge in [0.1, 0.15) is 11.6 Å². The van der Waals surface area contributed by atoms with Crippen molar-refractivity contribution < 1.29 is 14.7 Å². The highest BCUT2D eigenvalue weighted by Gasteiger charge is 2.40. The van der Waals surface area contributed by atoms with Crippen LogP contribution in [0.2, 0.25) is 0 Å². The first-order chi connectivity index (χ1) is 8.91. The summed E-state index contributed by atoms with van der Waals surface area (Å²) in [6.45, 7) is 3.88. The zero-order valence-electron chi connectivity index (χ0n) is 10.8. The molecule has 1 aliphatic rings. The van der Waals surface area contributed by atoms with Gasteiger partial charge in [0.15, 0.2) is 5.43 Å². The van der Waals surface area contributed by atoms with E-state index in [1.165, 1.54) is 17.2 Å². The summed E-state index contributed by atoms with van der Waals surface area (Å²) in [4.78, 5) is 39.4. The second kappa shape index (κ2) is 4.87. The molecule has 1 aromatic rings. The van der Waals surface area contributed by atoms with Crippen LogP contribution in [0.25, 0.3) is 0 Å². The number of carboxylic acid groups (broad SMARTS) is 1. The summed E-state index contributed by atoms with van der Waals surface area (Å²) < 4.78 is 0. The molecule has 102 valence electrons. The van der Waals surface area contributed by atoms with Gasteiger partial charge in [-0.05, 0) is 19.3 Å². The van der Waals surface area contributed by atoms with Crippen LogP contribution < -0.4 is 5.43 Å². The van der Waals surface area contributed by atoms with Crippen molar-refractivity contribution in [3.8, 4) is 0 Å². The number of carboxylic acids is 1. The van der Waals surface area contributed by atoms with Gasteiger partial charge in [0.05, 0.1) is 0 Å². The molecule has 2 rings (SSSR count). The average Bonchev–Trinajstić information content (AvgIpc) is 2.70. The molecule has 6 heteroatoms. The minimum atomic E-state index is -1.03. The Morgan fingerprint density at radius 2 is 2.16 bits per heavy atom. The van der Waals surface area contributed by atoms with E-state index in [-0.39, 0.29) is 16.9 Å². The lowest BCUT2D eigenvalue weighted by molar-refractivity contribution is -0.142. The molecule has 0 bridgehead atoms. The standard InChI is InChI=1S/C13H16N2O4/c1-7-3-4-15(11(7)13(18)19)12(17)9-6-14-8(2)5-10(9)16/h5-7,11H,3-4H2,1-2H3,(H,14,16)(H,18,19). The molecule has 1 fully saturated rings. The van der Waals surface area contributed by atoms with Gasteiger partial charge in [0.2, 0.25) is 0 Å². The lowest BCUT2D eigenvalue weighted by atomic mass is 10.0. The molecule has 1 aromatic heterocycles. The number of H-pyrrole nitrogens is 1. The summed E-state index contributed by atoms with van der Waals surface area (Å²) in [7, 11) is 0. The molecule has 19 heavy (non-hydrogen) atoms. The zero-order chi connectivity index (χ0) is 14.2. The lowest BCUT2D eigenvalue weighted by Gasteiger charge is -2.23. The Hall–Kier alpha value is -2.11. The highest BCUT2D eigenvalue weighted by molar-refractivity contribution is 5.96. The van der Waals surface area contributed by atoms with E-state index in [0.29, 0.717) is 18.7 Å². The summed E-state index contributed by atoms with van der Waals surface area (Å²) in [5.74, 6) is -1.65. The fourth-order valence-electron chi connectivity index (χ4n) is 2.45. The van der Waals surface area contributed by atoms with Crippen molar-refractivity contribution >= 4 is 11.9 Å². The fourth-order valence-corrected chi connectivity index (χ4v) is 2.45. The van der Waals surface area contributed by atoms with E-state index in [0.717, 1.165) is 0 Å². The topological polar surface area (TPSA) is 90.5 Å². The van der Waals surface area contributed by atoms with Crippen molar-refractivity contribution in [1.29, 1.82) is 0 Å². The molecule has 0 radical (unpaired) electrons. The largest absolute Gasteiger partial charge is 0.480 e. The maximum Gasteiger partial charge on any atom is 0.326 e. The number of aliphatic carboxylic acids is 1. The zero-order valence-corrected chi connectivity index (χ0v) is 10.8. The Morgan fingerprint density at radius 3 is 2.74 bits per heavy atom. The number of aromatic amines is 1. The highest BCUT2D eigenvalue weighted by Crippen LogP contribution is 2.25. The van der Waals surface area contributed by atoms with Crippen LogP contribution in [0.3, 0.4) is 0 Å². The number of carbonyl (C=O) groups excluding carboxylic acids is 1. The second-order valence-corrected chi connectivity index (χ2v) is 4.94. The van der Waals surface area contributed by atoms with Gasteiger partial charge < -0.3 is 15.0 Å². The first-order valence-corrected chi connectivity index (χ1v) is 6.15. The number of aromatic nitrogens is 1. The number of carbonyl (C=O) groups is 2. The normalized spacial score (nSPS) is 22.5. The van der Waals surface area contributed by atoms with Gasteiger partial charge in [0, 0.05) is 24.5 Å². The third-order valence-corrected chi connectivity index (χ3v) is 3.50. The number of rotatable bonds is 2. The minimum absolute atomic E-state index is 0.00838. The molecular formula is C13H16N2O4. The summed E-state index contributed by atoms with van der Waals surface area (Å²) >= 11 is 0. The maximum absolute atomic E-state index is 12.3. The van der Waals surface area contributed by atoms with Crippen molar-refractivity contribution in [3.05, 3.63) is 33.7 Å². The number of aryl methyl sites for hydroxylation is 1. The van der Waals surface area contributed by atoms with Crippen molar-refractivity contribution in [1.82, 2.24) is 9.88 Å². The van der Waals surface area contributed by atoms with Gasteiger partial charge in [-0.1, -0.05) is 6.92 Å². The predicted molar refractivity (Wildman–Crippen MR) is 68.0 cm³/mol. The van der Waals surface area contributed by atoms with Crippen LogP contribution in [0.4, 0.5) is 0 Å². The van der Waals surface area contributed by atoms with Crippen molar-refractivity contribution in [2.45, 2.75) is 26.3 Å². The number of nitrogens with one attached hydrogen (secondary N) is 1. The van der Waals surface area contributed by atoms with E-state index in [2.05, 4.69) is 4.98 Å². The molecule has 0 saturated carbocycles. The van der Waals surface area contributed by atoms with Crippen molar-refractivity contribution in [3.63, 3.8) is 0 Å².